The summed E-state index contributed by atoms with van der Waals surface area (Å²) in [5.74, 6) is 0. The third kappa shape index (κ3) is 6.34. The molecule has 1 aromatic heterocycles. The van der Waals surface area contributed by atoms with Gasteiger partial charge in [-0.05, 0) is 42.8 Å². The number of anilines is 1. The third-order valence-corrected chi connectivity index (χ3v) is 4.35. The number of nitro groups is 1. The van der Waals surface area contributed by atoms with Gasteiger partial charge >= 0.3 is 0 Å². The SMILES string of the molecule is Cc1cc[n+](CCNc2ccc(N=Nc3ccc([N+](=O)[O-])cc3)cc2Cl)cc1.[OH-]. The molecule has 0 fully saturated rings. The highest BCUT2D eigenvalue weighted by molar-refractivity contribution is 6.33. The minimum Gasteiger partial charge on any atom is -0.870 e. The average Bonchev–Trinajstić information content (AvgIpc) is 2.69. The van der Waals surface area contributed by atoms with Crippen LogP contribution < -0.4 is 9.88 Å². The summed E-state index contributed by atoms with van der Waals surface area (Å²) in [7, 11) is 0. The van der Waals surface area contributed by atoms with Gasteiger partial charge in [0, 0.05) is 24.3 Å². The fourth-order valence-corrected chi connectivity index (χ4v) is 2.71. The average molecular weight is 414 g/mol. The summed E-state index contributed by atoms with van der Waals surface area (Å²) in [5.41, 5.74) is 3.19. The summed E-state index contributed by atoms with van der Waals surface area (Å²) in [4.78, 5) is 10.2. The third-order valence-electron chi connectivity index (χ3n) is 4.04. The molecular formula is C20H20ClN5O3. The molecule has 0 amide bonds. The largest absolute Gasteiger partial charge is 0.870 e. The van der Waals surface area contributed by atoms with E-state index in [9.17, 15) is 10.1 Å². The van der Waals surface area contributed by atoms with Crippen LogP contribution in [0.3, 0.4) is 0 Å². The molecular weight excluding hydrogens is 394 g/mol. The Labute approximate surface area is 173 Å². The zero-order valence-electron chi connectivity index (χ0n) is 15.7. The Morgan fingerprint density at radius 3 is 2.28 bits per heavy atom. The van der Waals surface area contributed by atoms with Crippen LogP contribution in [0.1, 0.15) is 5.56 Å². The molecule has 3 rings (SSSR count). The number of hydrogen-bond donors (Lipinski definition) is 1. The van der Waals surface area contributed by atoms with Crippen molar-refractivity contribution in [2.75, 3.05) is 11.9 Å². The predicted molar refractivity (Wildman–Crippen MR) is 111 cm³/mol. The lowest BCUT2D eigenvalue weighted by atomic mass is 10.3. The van der Waals surface area contributed by atoms with E-state index in [-0.39, 0.29) is 11.2 Å². The number of aryl methyl sites for hydroxylation is 1. The smallest absolute Gasteiger partial charge is 0.269 e. The first-order valence-electron chi connectivity index (χ1n) is 8.66. The van der Waals surface area contributed by atoms with Crippen LogP contribution in [0.15, 0.2) is 77.2 Å². The maximum Gasteiger partial charge on any atom is 0.269 e. The topological polar surface area (TPSA) is 114 Å². The molecule has 2 N–H and O–H groups in total. The second-order valence-corrected chi connectivity index (χ2v) is 6.58. The minimum atomic E-state index is -0.455. The van der Waals surface area contributed by atoms with Gasteiger partial charge in [0.1, 0.15) is 0 Å². The number of non-ortho nitro benzene ring substituents is 1. The number of nitrogens with one attached hydrogen (secondary N) is 1. The van der Waals surface area contributed by atoms with Gasteiger partial charge in [-0.1, -0.05) is 11.6 Å². The van der Waals surface area contributed by atoms with E-state index < -0.39 is 4.92 Å². The first kappa shape index (κ1) is 21.9. The van der Waals surface area contributed by atoms with E-state index in [1.807, 2.05) is 24.5 Å². The van der Waals surface area contributed by atoms with E-state index in [0.717, 1.165) is 18.8 Å². The van der Waals surface area contributed by atoms with Gasteiger partial charge in [-0.15, -0.1) is 0 Å². The van der Waals surface area contributed by atoms with Gasteiger partial charge in [-0.2, -0.15) is 10.2 Å². The quantitative estimate of drug-likeness (QED) is 0.248. The molecule has 2 aromatic carbocycles. The summed E-state index contributed by atoms with van der Waals surface area (Å²) in [6.45, 7) is 3.61. The Hall–Kier alpha value is -3.36. The van der Waals surface area contributed by atoms with Crippen LogP contribution in [0.5, 0.6) is 0 Å². The van der Waals surface area contributed by atoms with E-state index >= 15 is 0 Å². The van der Waals surface area contributed by atoms with E-state index in [2.05, 4.69) is 39.2 Å². The van der Waals surface area contributed by atoms with E-state index in [1.165, 1.54) is 17.7 Å². The maximum absolute atomic E-state index is 10.7. The second-order valence-electron chi connectivity index (χ2n) is 6.18. The molecule has 0 spiro atoms. The van der Waals surface area contributed by atoms with Crippen molar-refractivity contribution in [1.82, 2.24) is 0 Å². The van der Waals surface area contributed by atoms with Crippen molar-refractivity contribution in [3.63, 3.8) is 0 Å². The summed E-state index contributed by atoms with van der Waals surface area (Å²) < 4.78 is 2.10. The molecule has 0 bridgehead atoms. The zero-order valence-corrected chi connectivity index (χ0v) is 16.5. The summed E-state index contributed by atoms with van der Waals surface area (Å²) in [6, 6.07) is 15.4. The Bertz CT molecular complexity index is 992. The summed E-state index contributed by atoms with van der Waals surface area (Å²) in [5, 5.41) is 22.7. The van der Waals surface area contributed by atoms with E-state index in [0.29, 0.717) is 16.4 Å². The standard InChI is InChI=1S/C20H19ClN5O2.H2O/c1-15-8-11-25(12-9-15)13-10-22-20-7-4-17(14-19(20)21)24-23-16-2-5-18(6-3-16)26(27)28;/h2-9,11-12,14,22H,10,13H2,1H3;1H2/q+1;/p-1. The van der Waals surface area contributed by atoms with Crippen LogP contribution >= 0.6 is 11.6 Å². The maximum atomic E-state index is 10.7. The molecule has 150 valence electrons. The lowest BCUT2D eigenvalue weighted by Gasteiger charge is -2.07. The van der Waals surface area contributed by atoms with Crippen LogP contribution in [0.25, 0.3) is 0 Å². The number of benzene rings is 2. The van der Waals surface area contributed by atoms with Crippen molar-refractivity contribution in [3.8, 4) is 0 Å². The molecule has 0 saturated carbocycles. The molecule has 0 unspecified atom stereocenters. The van der Waals surface area contributed by atoms with Crippen LogP contribution in [0, 0.1) is 17.0 Å². The molecule has 9 heteroatoms. The van der Waals surface area contributed by atoms with Gasteiger partial charge in [0.05, 0.1) is 33.6 Å². The number of aromatic nitrogens is 1. The number of rotatable bonds is 7. The van der Waals surface area contributed by atoms with Crippen molar-refractivity contribution in [2.24, 2.45) is 10.2 Å². The highest BCUT2D eigenvalue weighted by atomic mass is 35.5. The van der Waals surface area contributed by atoms with Crippen molar-refractivity contribution >= 4 is 34.4 Å². The number of azo groups is 1. The lowest BCUT2D eigenvalue weighted by molar-refractivity contribution is -0.694. The predicted octanol–water partition coefficient (Wildman–Crippen LogP) is 5.19. The second kappa shape index (κ2) is 10.3. The van der Waals surface area contributed by atoms with Gasteiger partial charge in [-0.25, -0.2) is 4.57 Å². The fraction of sp³-hybridized carbons (Fsp3) is 0.150. The number of hydrogen-bond acceptors (Lipinski definition) is 6. The molecule has 0 aliphatic heterocycles. The van der Waals surface area contributed by atoms with Gasteiger partial charge in [0.2, 0.25) is 0 Å². The Morgan fingerprint density at radius 2 is 1.66 bits per heavy atom. The minimum absolute atomic E-state index is 0. The first-order valence-corrected chi connectivity index (χ1v) is 9.04. The molecule has 29 heavy (non-hydrogen) atoms. The van der Waals surface area contributed by atoms with Crippen LogP contribution in [-0.2, 0) is 6.54 Å². The van der Waals surface area contributed by atoms with E-state index in [1.54, 1.807) is 18.2 Å². The van der Waals surface area contributed by atoms with Crippen molar-refractivity contribution in [3.05, 3.63) is 87.7 Å². The molecule has 0 saturated heterocycles. The number of halogens is 1. The molecule has 3 aromatic rings. The van der Waals surface area contributed by atoms with E-state index in [4.69, 9.17) is 11.6 Å². The number of pyridine rings is 1. The lowest BCUT2D eigenvalue weighted by Crippen LogP contribution is -2.36. The van der Waals surface area contributed by atoms with Crippen LogP contribution in [-0.4, -0.2) is 16.9 Å². The molecule has 8 nitrogen and oxygen atoms in total. The summed E-state index contributed by atoms with van der Waals surface area (Å²) in [6.07, 6.45) is 4.08. The zero-order chi connectivity index (χ0) is 19.9. The summed E-state index contributed by atoms with van der Waals surface area (Å²) >= 11 is 6.32. The highest BCUT2D eigenvalue weighted by Crippen LogP contribution is 2.28. The number of nitro benzene ring substituents is 1. The monoisotopic (exact) mass is 413 g/mol. The Balaban J connectivity index is 0.00000300. The molecule has 0 atom stereocenters. The van der Waals surface area contributed by atoms with Gasteiger partial charge in [0.25, 0.3) is 5.69 Å². The van der Waals surface area contributed by atoms with Crippen LogP contribution in [0.2, 0.25) is 5.02 Å². The molecule has 0 aliphatic carbocycles. The Morgan fingerprint density at radius 1 is 1.03 bits per heavy atom. The normalized spacial score (nSPS) is 10.6. The Kier molecular flexibility index (Phi) is 7.76. The number of nitrogens with zero attached hydrogens (tertiary/aromatic N) is 4. The fourth-order valence-electron chi connectivity index (χ4n) is 2.47. The van der Waals surface area contributed by atoms with Crippen molar-refractivity contribution in [1.29, 1.82) is 0 Å². The van der Waals surface area contributed by atoms with Crippen molar-refractivity contribution < 1.29 is 15.0 Å². The van der Waals surface area contributed by atoms with Crippen molar-refractivity contribution in [2.45, 2.75) is 13.5 Å². The van der Waals surface area contributed by atoms with Gasteiger partial charge < -0.3 is 10.8 Å². The van der Waals surface area contributed by atoms with Gasteiger partial charge in [-0.3, -0.25) is 10.1 Å². The molecule has 1 heterocycles. The van der Waals surface area contributed by atoms with Crippen LogP contribution in [0.4, 0.5) is 22.7 Å². The van der Waals surface area contributed by atoms with Gasteiger partial charge in [0.15, 0.2) is 18.9 Å². The first-order chi connectivity index (χ1) is 13.5. The molecule has 0 radical (unpaired) electrons. The molecule has 0 aliphatic rings. The highest BCUT2D eigenvalue weighted by Gasteiger charge is 2.05.